The maximum atomic E-state index is 12.9. The Morgan fingerprint density at radius 1 is 1.29 bits per heavy atom. The Bertz CT molecular complexity index is 603. The standard InChI is InChI=1S/C13H10BrFN2/c14-12-11-6-8-5-10(8)17(11)16-13(12)7-1-3-9(15)4-2-7/h1-4,8,10H,5-6H2/t8-,10-/m1/s1. The molecule has 1 aliphatic carbocycles. The molecule has 4 rings (SSSR count). The van der Waals surface area contributed by atoms with Crippen LogP contribution in [-0.2, 0) is 6.42 Å². The lowest BCUT2D eigenvalue weighted by Crippen LogP contribution is -1.95. The first-order chi connectivity index (χ1) is 8.24. The SMILES string of the molecule is Fc1ccc(-c2nn3c(c2Br)C[C@H]2C[C@H]23)cc1. The van der Waals surface area contributed by atoms with Gasteiger partial charge in [0.05, 0.1) is 16.2 Å². The molecule has 0 N–H and O–H groups in total. The van der Waals surface area contributed by atoms with Crippen LogP contribution in [0.2, 0.25) is 0 Å². The van der Waals surface area contributed by atoms with Gasteiger partial charge in [-0.1, -0.05) is 0 Å². The molecule has 2 heterocycles. The Kier molecular flexibility index (Phi) is 1.85. The molecule has 1 fully saturated rings. The van der Waals surface area contributed by atoms with E-state index in [9.17, 15) is 4.39 Å². The molecule has 0 unspecified atom stereocenters. The highest BCUT2D eigenvalue weighted by Crippen LogP contribution is 2.53. The molecule has 0 saturated heterocycles. The van der Waals surface area contributed by atoms with Crippen molar-refractivity contribution in [2.75, 3.05) is 0 Å². The van der Waals surface area contributed by atoms with Gasteiger partial charge >= 0.3 is 0 Å². The Morgan fingerprint density at radius 2 is 2.06 bits per heavy atom. The van der Waals surface area contributed by atoms with Gasteiger partial charge in [0, 0.05) is 5.56 Å². The molecule has 0 bridgehead atoms. The summed E-state index contributed by atoms with van der Waals surface area (Å²) >= 11 is 3.63. The van der Waals surface area contributed by atoms with Gasteiger partial charge in [-0.15, -0.1) is 0 Å². The molecule has 0 radical (unpaired) electrons. The molecule has 17 heavy (non-hydrogen) atoms. The van der Waals surface area contributed by atoms with Gasteiger partial charge in [-0.25, -0.2) is 4.39 Å². The molecule has 1 aliphatic heterocycles. The average molecular weight is 293 g/mol. The fraction of sp³-hybridized carbons (Fsp3) is 0.308. The largest absolute Gasteiger partial charge is 0.264 e. The third kappa shape index (κ3) is 1.33. The van der Waals surface area contributed by atoms with Crippen molar-refractivity contribution >= 4 is 15.9 Å². The van der Waals surface area contributed by atoms with Crippen LogP contribution in [0.25, 0.3) is 11.3 Å². The number of hydrogen-bond donors (Lipinski definition) is 0. The first-order valence-electron chi connectivity index (χ1n) is 5.77. The summed E-state index contributed by atoms with van der Waals surface area (Å²) < 4.78 is 16.1. The van der Waals surface area contributed by atoms with E-state index in [0.717, 1.165) is 28.1 Å². The molecule has 0 spiro atoms. The molecule has 2 atom stereocenters. The number of halogens is 2. The zero-order chi connectivity index (χ0) is 11.6. The summed E-state index contributed by atoms with van der Waals surface area (Å²) in [5.74, 6) is 0.606. The Morgan fingerprint density at radius 3 is 2.76 bits per heavy atom. The normalized spacial score (nSPS) is 24.6. The maximum absolute atomic E-state index is 12.9. The minimum absolute atomic E-state index is 0.209. The second-order valence-electron chi connectivity index (χ2n) is 4.83. The van der Waals surface area contributed by atoms with Crippen LogP contribution in [0.15, 0.2) is 28.7 Å². The minimum Gasteiger partial charge on any atom is -0.264 e. The van der Waals surface area contributed by atoms with Gasteiger partial charge in [0.25, 0.3) is 0 Å². The molecule has 1 aromatic carbocycles. The van der Waals surface area contributed by atoms with E-state index in [4.69, 9.17) is 0 Å². The van der Waals surface area contributed by atoms with E-state index < -0.39 is 0 Å². The highest BCUT2D eigenvalue weighted by molar-refractivity contribution is 9.10. The van der Waals surface area contributed by atoms with Crippen LogP contribution in [0.3, 0.4) is 0 Å². The van der Waals surface area contributed by atoms with Crippen LogP contribution in [0.5, 0.6) is 0 Å². The molecule has 4 heteroatoms. The van der Waals surface area contributed by atoms with Crippen LogP contribution >= 0.6 is 15.9 Å². The molecular formula is C13H10BrFN2. The molecule has 2 aromatic rings. The second-order valence-corrected chi connectivity index (χ2v) is 5.62. The lowest BCUT2D eigenvalue weighted by molar-refractivity contribution is 0.627. The van der Waals surface area contributed by atoms with E-state index in [1.54, 1.807) is 12.1 Å². The van der Waals surface area contributed by atoms with Crippen molar-refractivity contribution < 1.29 is 4.39 Å². The molecule has 1 aromatic heterocycles. The monoisotopic (exact) mass is 292 g/mol. The zero-order valence-corrected chi connectivity index (χ0v) is 10.6. The van der Waals surface area contributed by atoms with E-state index >= 15 is 0 Å². The van der Waals surface area contributed by atoms with Crippen LogP contribution in [-0.4, -0.2) is 9.78 Å². The van der Waals surface area contributed by atoms with E-state index in [1.807, 2.05) is 0 Å². The zero-order valence-electron chi connectivity index (χ0n) is 9.03. The molecule has 2 aliphatic rings. The summed E-state index contributed by atoms with van der Waals surface area (Å²) in [6.45, 7) is 0. The Balaban J connectivity index is 1.84. The minimum atomic E-state index is -0.209. The number of nitrogens with zero attached hydrogens (tertiary/aromatic N) is 2. The summed E-state index contributed by atoms with van der Waals surface area (Å²) in [6, 6.07) is 7.14. The summed E-state index contributed by atoms with van der Waals surface area (Å²) in [6.07, 6.45) is 2.39. The number of hydrogen-bond acceptors (Lipinski definition) is 1. The van der Waals surface area contributed by atoms with Gasteiger partial charge in [-0.2, -0.15) is 5.10 Å². The first-order valence-corrected chi connectivity index (χ1v) is 6.56. The van der Waals surface area contributed by atoms with Gasteiger partial charge in [-0.05, 0) is 59.0 Å². The maximum Gasteiger partial charge on any atom is 0.123 e. The number of aromatic nitrogens is 2. The highest BCUT2D eigenvalue weighted by Gasteiger charge is 2.47. The van der Waals surface area contributed by atoms with Gasteiger partial charge in [0.2, 0.25) is 0 Å². The lowest BCUT2D eigenvalue weighted by Gasteiger charge is -1.98. The van der Waals surface area contributed by atoms with Gasteiger partial charge < -0.3 is 0 Å². The molecule has 0 amide bonds. The number of fused-ring (bicyclic) bond motifs is 3. The van der Waals surface area contributed by atoms with Crippen LogP contribution in [0.4, 0.5) is 4.39 Å². The molecule has 2 nitrogen and oxygen atoms in total. The van der Waals surface area contributed by atoms with Gasteiger partial charge in [-0.3, -0.25) is 4.68 Å². The van der Waals surface area contributed by atoms with Crippen LogP contribution in [0, 0.1) is 11.7 Å². The van der Waals surface area contributed by atoms with Crippen LogP contribution in [0.1, 0.15) is 18.2 Å². The number of rotatable bonds is 1. The smallest absolute Gasteiger partial charge is 0.123 e. The van der Waals surface area contributed by atoms with E-state index in [2.05, 4.69) is 25.7 Å². The predicted molar refractivity (Wildman–Crippen MR) is 66.2 cm³/mol. The average Bonchev–Trinajstić information content (AvgIpc) is 2.90. The summed E-state index contributed by atoms with van der Waals surface area (Å²) in [5.41, 5.74) is 3.20. The van der Waals surface area contributed by atoms with Crippen molar-refractivity contribution in [3.05, 3.63) is 40.2 Å². The number of benzene rings is 1. The van der Waals surface area contributed by atoms with Gasteiger partial charge in [0.15, 0.2) is 0 Å². The van der Waals surface area contributed by atoms with Crippen molar-refractivity contribution in [1.82, 2.24) is 9.78 Å². The lowest BCUT2D eigenvalue weighted by atomic mass is 10.1. The third-order valence-electron chi connectivity index (χ3n) is 3.72. The summed E-state index contributed by atoms with van der Waals surface area (Å²) in [5, 5.41) is 4.66. The van der Waals surface area contributed by atoms with E-state index in [1.165, 1.54) is 24.2 Å². The van der Waals surface area contributed by atoms with Gasteiger partial charge in [0.1, 0.15) is 11.5 Å². The first kappa shape index (κ1) is 9.83. The fourth-order valence-corrected chi connectivity index (χ4v) is 3.35. The van der Waals surface area contributed by atoms with Crippen LogP contribution < -0.4 is 0 Å². The fourth-order valence-electron chi connectivity index (χ4n) is 2.70. The third-order valence-corrected chi connectivity index (χ3v) is 4.55. The topological polar surface area (TPSA) is 17.8 Å². The van der Waals surface area contributed by atoms with E-state index in [-0.39, 0.29) is 5.82 Å². The van der Waals surface area contributed by atoms with Crippen molar-refractivity contribution in [2.45, 2.75) is 18.9 Å². The Labute approximate surface area is 107 Å². The van der Waals surface area contributed by atoms with Crippen molar-refractivity contribution in [3.8, 4) is 11.3 Å². The second kappa shape index (κ2) is 3.19. The summed E-state index contributed by atoms with van der Waals surface area (Å²) in [7, 11) is 0. The predicted octanol–water partition coefficient (Wildman–Crippen LogP) is 3.57. The van der Waals surface area contributed by atoms with Crippen molar-refractivity contribution in [2.24, 2.45) is 5.92 Å². The van der Waals surface area contributed by atoms with Crippen molar-refractivity contribution in [3.63, 3.8) is 0 Å². The molecular weight excluding hydrogens is 283 g/mol. The highest BCUT2D eigenvalue weighted by atomic mass is 79.9. The molecule has 1 saturated carbocycles. The summed E-state index contributed by atoms with van der Waals surface area (Å²) in [4.78, 5) is 0. The Hall–Kier alpha value is -1.16. The van der Waals surface area contributed by atoms with Crippen molar-refractivity contribution in [1.29, 1.82) is 0 Å². The quantitative estimate of drug-likeness (QED) is 0.786. The van der Waals surface area contributed by atoms with E-state index in [0.29, 0.717) is 6.04 Å². The molecule has 86 valence electrons.